The highest BCUT2D eigenvalue weighted by Gasteiger charge is 2.16. The molecular formula is C7H12N4O2. The number of hydrogen-bond acceptors (Lipinski definition) is 4. The summed E-state index contributed by atoms with van der Waals surface area (Å²) < 4.78 is 0. The van der Waals surface area contributed by atoms with Crippen LogP contribution >= 0.6 is 0 Å². The zero-order valence-corrected chi connectivity index (χ0v) is 7.32. The van der Waals surface area contributed by atoms with E-state index in [1.807, 2.05) is 6.92 Å². The number of H-pyrrole nitrogens is 1. The number of carboxylic acids is 1. The van der Waals surface area contributed by atoms with Crippen molar-refractivity contribution >= 4 is 5.97 Å². The fraction of sp³-hybridized carbons (Fsp3) is 0.571. The van der Waals surface area contributed by atoms with Gasteiger partial charge in [-0.15, -0.1) is 0 Å². The van der Waals surface area contributed by atoms with Crippen molar-refractivity contribution in [2.75, 3.05) is 0 Å². The Hall–Kier alpha value is -1.43. The molecule has 0 aliphatic carbocycles. The van der Waals surface area contributed by atoms with Crippen molar-refractivity contribution in [1.29, 1.82) is 0 Å². The molecule has 72 valence electrons. The first-order valence-electron chi connectivity index (χ1n) is 4.02. The standard InChI is InChI=1S/C7H12N4O2/c1-2-5-6(10-11-9-5)3-4(8)7(12)13/h4H,2-3,8H2,1H3,(H,12,13)(H,9,10,11). The zero-order valence-electron chi connectivity index (χ0n) is 7.32. The van der Waals surface area contributed by atoms with Crippen molar-refractivity contribution in [1.82, 2.24) is 15.4 Å². The third-order valence-electron chi connectivity index (χ3n) is 1.77. The molecule has 4 N–H and O–H groups in total. The smallest absolute Gasteiger partial charge is 0.320 e. The minimum atomic E-state index is -1.02. The Morgan fingerprint density at radius 1 is 1.62 bits per heavy atom. The Morgan fingerprint density at radius 2 is 2.23 bits per heavy atom. The zero-order chi connectivity index (χ0) is 9.84. The van der Waals surface area contributed by atoms with Crippen molar-refractivity contribution < 1.29 is 9.90 Å². The van der Waals surface area contributed by atoms with Gasteiger partial charge in [0.15, 0.2) is 0 Å². The monoisotopic (exact) mass is 184 g/mol. The van der Waals surface area contributed by atoms with Crippen LogP contribution in [0.1, 0.15) is 18.3 Å². The summed E-state index contributed by atoms with van der Waals surface area (Å²) in [4.78, 5) is 10.4. The predicted octanol–water partition coefficient (Wildman–Crippen LogP) is -0.678. The van der Waals surface area contributed by atoms with E-state index < -0.39 is 12.0 Å². The summed E-state index contributed by atoms with van der Waals surface area (Å²) in [6, 6.07) is -0.907. The topological polar surface area (TPSA) is 105 Å². The number of rotatable bonds is 4. The van der Waals surface area contributed by atoms with Gasteiger partial charge in [0, 0.05) is 6.42 Å². The maximum atomic E-state index is 10.4. The van der Waals surface area contributed by atoms with Gasteiger partial charge in [-0.25, -0.2) is 0 Å². The van der Waals surface area contributed by atoms with E-state index in [1.54, 1.807) is 0 Å². The minimum Gasteiger partial charge on any atom is -0.480 e. The number of aromatic nitrogens is 3. The van der Waals surface area contributed by atoms with Crippen molar-refractivity contribution in [3.05, 3.63) is 11.4 Å². The summed E-state index contributed by atoms with van der Waals surface area (Å²) >= 11 is 0. The van der Waals surface area contributed by atoms with E-state index in [2.05, 4.69) is 15.4 Å². The lowest BCUT2D eigenvalue weighted by Crippen LogP contribution is -2.32. The molecule has 1 unspecified atom stereocenters. The maximum absolute atomic E-state index is 10.4. The van der Waals surface area contributed by atoms with E-state index in [0.29, 0.717) is 5.69 Å². The van der Waals surface area contributed by atoms with E-state index in [4.69, 9.17) is 10.8 Å². The van der Waals surface area contributed by atoms with Crippen LogP contribution in [0.25, 0.3) is 0 Å². The van der Waals surface area contributed by atoms with Crippen molar-refractivity contribution in [2.45, 2.75) is 25.8 Å². The molecule has 13 heavy (non-hydrogen) atoms. The van der Waals surface area contributed by atoms with Crippen LogP contribution in [0.3, 0.4) is 0 Å². The molecule has 1 rings (SSSR count). The minimum absolute atomic E-state index is 0.217. The van der Waals surface area contributed by atoms with Gasteiger partial charge in [0.25, 0.3) is 0 Å². The van der Waals surface area contributed by atoms with Crippen LogP contribution in [-0.2, 0) is 17.6 Å². The third kappa shape index (κ3) is 2.25. The molecule has 0 saturated heterocycles. The number of hydrogen-bond donors (Lipinski definition) is 3. The van der Waals surface area contributed by atoms with E-state index in [0.717, 1.165) is 12.1 Å². The number of aromatic amines is 1. The summed E-state index contributed by atoms with van der Waals surface area (Å²) in [5, 5.41) is 18.7. The number of nitrogens with zero attached hydrogens (tertiary/aromatic N) is 2. The van der Waals surface area contributed by atoms with Gasteiger partial charge in [-0.3, -0.25) is 4.79 Å². The van der Waals surface area contributed by atoms with Crippen molar-refractivity contribution in [2.24, 2.45) is 5.73 Å². The number of carboxylic acid groups (broad SMARTS) is 1. The molecule has 0 fully saturated rings. The number of nitrogens with one attached hydrogen (secondary N) is 1. The summed E-state index contributed by atoms with van der Waals surface area (Å²) in [5.41, 5.74) is 6.76. The van der Waals surface area contributed by atoms with Crippen molar-refractivity contribution in [3.63, 3.8) is 0 Å². The Labute approximate surface area is 75.1 Å². The number of aliphatic carboxylic acids is 1. The SMILES string of the molecule is CCc1n[nH]nc1CC(N)C(=O)O. The molecule has 0 aliphatic rings. The second-order valence-corrected chi connectivity index (χ2v) is 2.72. The first kappa shape index (κ1) is 9.66. The molecule has 6 nitrogen and oxygen atoms in total. The summed E-state index contributed by atoms with van der Waals surface area (Å²) in [7, 11) is 0. The molecular weight excluding hydrogens is 172 g/mol. The van der Waals surface area contributed by atoms with Gasteiger partial charge in [-0.2, -0.15) is 15.4 Å². The molecule has 1 heterocycles. The van der Waals surface area contributed by atoms with Crippen LogP contribution < -0.4 is 5.73 Å². The van der Waals surface area contributed by atoms with Gasteiger partial charge in [-0.05, 0) is 6.42 Å². The molecule has 1 atom stereocenters. The predicted molar refractivity (Wildman–Crippen MR) is 45.1 cm³/mol. The third-order valence-corrected chi connectivity index (χ3v) is 1.77. The van der Waals surface area contributed by atoms with Gasteiger partial charge in [0.2, 0.25) is 0 Å². The molecule has 0 bridgehead atoms. The van der Waals surface area contributed by atoms with Crippen LogP contribution in [-0.4, -0.2) is 32.5 Å². The second kappa shape index (κ2) is 3.99. The summed E-state index contributed by atoms with van der Waals surface area (Å²) in [6.45, 7) is 1.92. The number of aryl methyl sites for hydroxylation is 1. The van der Waals surface area contributed by atoms with Crippen LogP contribution in [0.2, 0.25) is 0 Å². The van der Waals surface area contributed by atoms with E-state index in [1.165, 1.54) is 0 Å². The molecule has 6 heteroatoms. The largest absolute Gasteiger partial charge is 0.480 e. The number of nitrogens with two attached hydrogens (primary N) is 1. The average Bonchev–Trinajstić information content (AvgIpc) is 2.51. The molecule has 0 aliphatic heterocycles. The van der Waals surface area contributed by atoms with E-state index in [-0.39, 0.29) is 6.42 Å². The van der Waals surface area contributed by atoms with Crippen LogP contribution in [0.5, 0.6) is 0 Å². The van der Waals surface area contributed by atoms with Gasteiger partial charge in [-0.1, -0.05) is 6.92 Å². The van der Waals surface area contributed by atoms with Crippen LogP contribution in [0.4, 0.5) is 0 Å². The highest BCUT2D eigenvalue weighted by Crippen LogP contribution is 2.04. The van der Waals surface area contributed by atoms with Gasteiger partial charge in [0.05, 0.1) is 11.4 Å². The lowest BCUT2D eigenvalue weighted by molar-refractivity contribution is -0.138. The lowest BCUT2D eigenvalue weighted by atomic mass is 10.1. The fourth-order valence-corrected chi connectivity index (χ4v) is 1.02. The number of carbonyl (C=O) groups is 1. The van der Waals surface area contributed by atoms with Gasteiger partial charge in [0.1, 0.15) is 6.04 Å². The second-order valence-electron chi connectivity index (χ2n) is 2.72. The summed E-state index contributed by atoms with van der Waals surface area (Å²) in [6.07, 6.45) is 0.938. The molecule has 0 amide bonds. The Morgan fingerprint density at radius 3 is 2.77 bits per heavy atom. The summed E-state index contributed by atoms with van der Waals surface area (Å²) in [5.74, 6) is -1.02. The molecule has 0 radical (unpaired) electrons. The van der Waals surface area contributed by atoms with E-state index >= 15 is 0 Å². The molecule has 0 spiro atoms. The maximum Gasteiger partial charge on any atom is 0.320 e. The first-order chi connectivity index (χ1) is 6.15. The first-order valence-corrected chi connectivity index (χ1v) is 4.02. The molecule has 1 aromatic rings. The fourth-order valence-electron chi connectivity index (χ4n) is 1.02. The van der Waals surface area contributed by atoms with Crippen LogP contribution in [0, 0.1) is 0 Å². The van der Waals surface area contributed by atoms with E-state index in [9.17, 15) is 4.79 Å². The highest BCUT2D eigenvalue weighted by atomic mass is 16.4. The lowest BCUT2D eigenvalue weighted by Gasteiger charge is -2.03. The normalized spacial score (nSPS) is 12.8. The van der Waals surface area contributed by atoms with Crippen LogP contribution in [0.15, 0.2) is 0 Å². The van der Waals surface area contributed by atoms with Gasteiger partial charge >= 0.3 is 5.97 Å². The molecule has 0 aromatic carbocycles. The quantitative estimate of drug-likeness (QED) is 0.575. The Bertz CT molecular complexity index is 296. The highest BCUT2D eigenvalue weighted by molar-refractivity contribution is 5.73. The molecule has 0 saturated carbocycles. The Kier molecular flexibility index (Phi) is 2.97. The van der Waals surface area contributed by atoms with Crippen molar-refractivity contribution in [3.8, 4) is 0 Å². The Balaban J connectivity index is 2.68. The molecule has 1 aromatic heterocycles. The van der Waals surface area contributed by atoms with Gasteiger partial charge < -0.3 is 10.8 Å². The average molecular weight is 184 g/mol.